The number of hydrogen-bond donors (Lipinski definition) is 2. The molecule has 3 heterocycles. The summed E-state index contributed by atoms with van der Waals surface area (Å²) in [5, 5.41) is 3.37. The SMILES string of the molecule is NC(=O)c1sc2c(c1OCc1ccncc1)CNc1ccccc1-2. The van der Waals surface area contributed by atoms with Gasteiger partial charge in [-0.15, -0.1) is 11.3 Å². The zero-order valence-corrected chi connectivity index (χ0v) is 13.6. The van der Waals surface area contributed by atoms with Crippen molar-refractivity contribution in [2.24, 2.45) is 5.73 Å². The lowest BCUT2D eigenvalue weighted by Gasteiger charge is -2.19. The number of benzene rings is 1. The number of carbonyl (C=O) groups is 1. The molecule has 0 radical (unpaired) electrons. The Kier molecular flexibility index (Phi) is 3.66. The molecule has 0 unspecified atom stereocenters. The summed E-state index contributed by atoms with van der Waals surface area (Å²) in [6, 6.07) is 11.8. The molecule has 2 aromatic heterocycles. The first-order chi connectivity index (χ1) is 11.7. The molecule has 120 valence electrons. The Labute approximate surface area is 143 Å². The monoisotopic (exact) mass is 337 g/mol. The Bertz CT molecular complexity index is 906. The molecule has 3 N–H and O–H groups in total. The van der Waals surface area contributed by atoms with Gasteiger partial charge < -0.3 is 15.8 Å². The summed E-state index contributed by atoms with van der Waals surface area (Å²) in [7, 11) is 0. The van der Waals surface area contributed by atoms with E-state index in [1.165, 1.54) is 11.3 Å². The number of para-hydroxylation sites is 1. The van der Waals surface area contributed by atoms with E-state index < -0.39 is 5.91 Å². The summed E-state index contributed by atoms with van der Waals surface area (Å²) in [6.45, 7) is 0.982. The average molecular weight is 337 g/mol. The van der Waals surface area contributed by atoms with Gasteiger partial charge in [-0.05, 0) is 23.8 Å². The Morgan fingerprint density at radius 3 is 2.83 bits per heavy atom. The van der Waals surface area contributed by atoms with Gasteiger partial charge in [-0.2, -0.15) is 0 Å². The van der Waals surface area contributed by atoms with Crippen LogP contribution in [0.1, 0.15) is 20.8 Å². The molecule has 6 heteroatoms. The van der Waals surface area contributed by atoms with Crippen LogP contribution in [0.15, 0.2) is 48.8 Å². The molecule has 1 amide bonds. The van der Waals surface area contributed by atoms with Crippen LogP contribution in [0.25, 0.3) is 10.4 Å². The van der Waals surface area contributed by atoms with Crippen LogP contribution in [0.3, 0.4) is 0 Å². The summed E-state index contributed by atoms with van der Waals surface area (Å²) >= 11 is 1.40. The number of rotatable bonds is 4. The lowest BCUT2D eigenvalue weighted by Crippen LogP contribution is -2.12. The zero-order valence-electron chi connectivity index (χ0n) is 12.8. The summed E-state index contributed by atoms with van der Waals surface area (Å²) < 4.78 is 5.98. The van der Waals surface area contributed by atoms with Crippen molar-refractivity contribution in [2.75, 3.05) is 5.32 Å². The van der Waals surface area contributed by atoms with Crippen molar-refractivity contribution in [3.63, 3.8) is 0 Å². The second kappa shape index (κ2) is 5.98. The summed E-state index contributed by atoms with van der Waals surface area (Å²) in [5.74, 6) is 0.123. The third-order valence-electron chi connectivity index (χ3n) is 3.94. The fourth-order valence-electron chi connectivity index (χ4n) is 2.80. The van der Waals surface area contributed by atoms with Crippen LogP contribution in [0.4, 0.5) is 5.69 Å². The van der Waals surface area contributed by atoms with Crippen molar-refractivity contribution in [2.45, 2.75) is 13.2 Å². The molecule has 0 saturated heterocycles. The van der Waals surface area contributed by atoms with Crippen molar-refractivity contribution in [1.82, 2.24) is 4.98 Å². The molecule has 5 nitrogen and oxygen atoms in total. The van der Waals surface area contributed by atoms with Gasteiger partial charge in [0.25, 0.3) is 5.91 Å². The number of amides is 1. The average Bonchev–Trinajstić information content (AvgIpc) is 3.00. The second-order valence-electron chi connectivity index (χ2n) is 5.48. The molecule has 1 aliphatic heterocycles. The Hall–Kier alpha value is -2.86. The summed E-state index contributed by atoms with van der Waals surface area (Å²) in [5.41, 5.74) is 9.69. The number of anilines is 1. The molecule has 0 bridgehead atoms. The van der Waals surface area contributed by atoms with Crippen LogP contribution in [0.5, 0.6) is 5.75 Å². The number of pyridine rings is 1. The van der Waals surface area contributed by atoms with Crippen molar-refractivity contribution < 1.29 is 9.53 Å². The number of nitrogens with two attached hydrogens (primary N) is 1. The number of nitrogens with zero attached hydrogens (tertiary/aromatic N) is 1. The van der Waals surface area contributed by atoms with Gasteiger partial charge in [-0.3, -0.25) is 9.78 Å². The standard InChI is InChI=1S/C18H15N3O2S/c19-18(22)17-15(23-10-11-5-7-20-8-6-11)13-9-21-14-4-2-1-3-12(14)16(13)24-17/h1-8,21H,9-10H2,(H2,19,22). The van der Waals surface area contributed by atoms with E-state index in [0.29, 0.717) is 23.8 Å². The van der Waals surface area contributed by atoms with Crippen LogP contribution in [0.2, 0.25) is 0 Å². The lowest BCUT2D eigenvalue weighted by atomic mass is 10.0. The van der Waals surface area contributed by atoms with E-state index in [0.717, 1.165) is 27.3 Å². The molecule has 0 spiro atoms. The lowest BCUT2D eigenvalue weighted by molar-refractivity contribution is 0.1000. The van der Waals surface area contributed by atoms with Crippen LogP contribution < -0.4 is 15.8 Å². The van der Waals surface area contributed by atoms with E-state index in [2.05, 4.69) is 10.3 Å². The number of hydrogen-bond acceptors (Lipinski definition) is 5. The van der Waals surface area contributed by atoms with Gasteiger partial charge in [0.15, 0.2) is 0 Å². The maximum Gasteiger partial charge on any atom is 0.262 e. The molecular formula is C18H15N3O2S. The van der Waals surface area contributed by atoms with Crippen molar-refractivity contribution in [3.8, 4) is 16.2 Å². The van der Waals surface area contributed by atoms with Gasteiger partial charge >= 0.3 is 0 Å². The van der Waals surface area contributed by atoms with Gasteiger partial charge in [-0.1, -0.05) is 18.2 Å². The van der Waals surface area contributed by atoms with Crippen LogP contribution >= 0.6 is 11.3 Å². The highest BCUT2D eigenvalue weighted by Gasteiger charge is 2.27. The zero-order chi connectivity index (χ0) is 16.5. The van der Waals surface area contributed by atoms with E-state index in [-0.39, 0.29) is 0 Å². The number of primary amides is 1. The summed E-state index contributed by atoms with van der Waals surface area (Å²) in [6.07, 6.45) is 3.43. The summed E-state index contributed by atoms with van der Waals surface area (Å²) in [4.78, 5) is 17.4. The smallest absolute Gasteiger partial charge is 0.262 e. The van der Waals surface area contributed by atoms with E-state index in [9.17, 15) is 4.79 Å². The van der Waals surface area contributed by atoms with Crippen molar-refractivity contribution in [1.29, 1.82) is 0 Å². The first-order valence-corrected chi connectivity index (χ1v) is 8.36. The number of ether oxygens (including phenoxy) is 1. The Morgan fingerprint density at radius 2 is 2.04 bits per heavy atom. The quantitative estimate of drug-likeness (QED) is 0.765. The fourth-order valence-corrected chi connectivity index (χ4v) is 3.95. The molecule has 4 rings (SSSR count). The van der Waals surface area contributed by atoms with Crippen LogP contribution in [-0.2, 0) is 13.2 Å². The molecular weight excluding hydrogens is 322 g/mol. The maximum absolute atomic E-state index is 11.9. The van der Waals surface area contributed by atoms with E-state index in [1.54, 1.807) is 12.4 Å². The number of fused-ring (bicyclic) bond motifs is 3. The van der Waals surface area contributed by atoms with E-state index in [1.807, 2.05) is 36.4 Å². The second-order valence-corrected chi connectivity index (χ2v) is 6.50. The highest BCUT2D eigenvalue weighted by molar-refractivity contribution is 7.18. The van der Waals surface area contributed by atoms with Gasteiger partial charge in [-0.25, -0.2) is 0 Å². The van der Waals surface area contributed by atoms with Gasteiger partial charge in [0.05, 0.1) is 0 Å². The molecule has 1 aliphatic rings. The molecule has 1 aromatic carbocycles. The van der Waals surface area contributed by atoms with Crippen molar-refractivity contribution >= 4 is 22.9 Å². The minimum absolute atomic E-state index is 0.369. The van der Waals surface area contributed by atoms with E-state index in [4.69, 9.17) is 10.5 Å². The normalized spacial score (nSPS) is 12.0. The van der Waals surface area contributed by atoms with Crippen molar-refractivity contribution in [3.05, 3.63) is 64.8 Å². The largest absolute Gasteiger partial charge is 0.487 e. The number of aromatic nitrogens is 1. The Balaban J connectivity index is 1.74. The molecule has 0 aliphatic carbocycles. The third kappa shape index (κ3) is 2.51. The molecule has 0 atom stereocenters. The maximum atomic E-state index is 11.9. The molecule has 0 saturated carbocycles. The number of nitrogens with one attached hydrogen (secondary N) is 1. The fraction of sp³-hybridized carbons (Fsp3) is 0.111. The number of carbonyl (C=O) groups excluding carboxylic acids is 1. The predicted octanol–water partition coefficient (Wildman–Crippen LogP) is 3.41. The highest BCUT2D eigenvalue weighted by atomic mass is 32.1. The van der Waals surface area contributed by atoms with Gasteiger partial charge in [0.2, 0.25) is 0 Å². The van der Waals surface area contributed by atoms with Crippen LogP contribution in [0, 0.1) is 0 Å². The highest BCUT2D eigenvalue weighted by Crippen LogP contribution is 2.47. The molecule has 24 heavy (non-hydrogen) atoms. The number of thiophene rings is 1. The van der Waals surface area contributed by atoms with E-state index >= 15 is 0 Å². The van der Waals surface area contributed by atoms with Gasteiger partial charge in [0.1, 0.15) is 17.2 Å². The van der Waals surface area contributed by atoms with Gasteiger partial charge in [0, 0.05) is 40.6 Å². The van der Waals surface area contributed by atoms with Crippen LogP contribution in [-0.4, -0.2) is 10.9 Å². The Morgan fingerprint density at radius 1 is 1.25 bits per heavy atom. The molecule has 3 aromatic rings. The first kappa shape index (κ1) is 14.7. The molecule has 0 fully saturated rings. The predicted molar refractivity (Wildman–Crippen MR) is 94.2 cm³/mol. The first-order valence-electron chi connectivity index (χ1n) is 7.54. The minimum atomic E-state index is -0.461. The minimum Gasteiger partial charge on any atom is -0.487 e. The topological polar surface area (TPSA) is 77.2 Å². The third-order valence-corrected chi connectivity index (χ3v) is 5.20.